The van der Waals surface area contributed by atoms with Gasteiger partial charge in [-0.15, -0.1) is 0 Å². The van der Waals surface area contributed by atoms with Crippen molar-refractivity contribution >= 4 is 12.1 Å². The second-order valence-corrected chi connectivity index (χ2v) is 8.81. The average molecular weight is 534 g/mol. The van der Waals surface area contributed by atoms with Gasteiger partial charge in [-0.2, -0.15) is 13.2 Å². The molecule has 0 aliphatic heterocycles. The summed E-state index contributed by atoms with van der Waals surface area (Å²) in [5.74, 6) is -1.79. The molecule has 7 nitrogen and oxygen atoms in total. The Morgan fingerprint density at radius 1 is 0.897 bits per heavy atom. The van der Waals surface area contributed by atoms with Crippen LogP contribution < -0.4 is 10.1 Å². The maximum Gasteiger partial charge on any atom is 0.433 e. The third kappa shape index (κ3) is 5.69. The first-order valence-corrected chi connectivity index (χ1v) is 11.9. The molecule has 0 unspecified atom stereocenters. The molecule has 198 valence electrons. The van der Waals surface area contributed by atoms with E-state index in [9.17, 15) is 22.8 Å². The van der Waals surface area contributed by atoms with Gasteiger partial charge in [-0.3, -0.25) is 0 Å². The predicted molar refractivity (Wildman–Crippen MR) is 135 cm³/mol. The van der Waals surface area contributed by atoms with Gasteiger partial charge in [0.2, 0.25) is 5.88 Å². The van der Waals surface area contributed by atoms with E-state index < -0.39 is 29.8 Å². The number of aromatic carboxylic acids is 1. The lowest BCUT2D eigenvalue weighted by Gasteiger charge is -2.15. The molecule has 0 atom stereocenters. The minimum absolute atomic E-state index is 0.00262. The summed E-state index contributed by atoms with van der Waals surface area (Å²) in [7, 11) is 0. The summed E-state index contributed by atoms with van der Waals surface area (Å²) in [6, 6.07) is 23.0. The molecule has 0 saturated heterocycles. The number of carboxylic acids is 1. The molecular formula is C29H21F3N2O5. The number of ether oxygens (including phenoxy) is 2. The quantitative estimate of drug-likeness (QED) is 0.276. The zero-order chi connectivity index (χ0) is 27.6. The van der Waals surface area contributed by atoms with Crippen molar-refractivity contribution in [3.8, 4) is 22.8 Å². The number of alkyl halides is 3. The van der Waals surface area contributed by atoms with Gasteiger partial charge in [-0.25, -0.2) is 14.6 Å². The van der Waals surface area contributed by atoms with Crippen molar-refractivity contribution in [1.29, 1.82) is 0 Å². The second-order valence-electron chi connectivity index (χ2n) is 8.81. The van der Waals surface area contributed by atoms with Crippen molar-refractivity contribution in [3.63, 3.8) is 0 Å². The molecule has 0 saturated carbocycles. The lowest BCUT2D eigenvalue weighted by Crippen LogP contribution is -2.26. The van der Waals surface area contributed by atoms with Crippen molar-refractivity contribution < 1.29 is 37.3 Å². The van der Waals surface area contributed by atoms with E-state index in [2.05, 4.69) is 10.3 Å². The highest BCUT2D eigenvalue weighted by Crippen LogP contribution is 2.44. The van der Waals surface area contributed by atoms with E-state index in [1.807, 2.05) is 48.5 Å². The maximum absolute atomic E-state index is 13.5. The highest BCUT2D eigenvalue weighted by Gasteiger charge is 2.34. The number of benzene rings is 3. The van der Waals surface area contributed by atoms with Crippen LogP contribution in [0.2, 0.25) is 0 Å². The van der Waals surface area contributed by atoms with Crippen molar-refractivity contribution in [2.24, 2.45) is 0 Å². The van der Waals surface area contributed by atoms with Gasteiger partial charge in [0.05, 0.1) is 5.56 Å². The first-order chi connectivity index (χ1) is 18.7. The number of hydrogen-bond acceptors (Lipinski definition) is 5. The van der Waals surface area contributed by atoms with Gasteiger partial charge in [0.1, 0.15) is 18.1 Å². The molecule has 39 heavy (non-hydrogen) atoms. The van der Waals surface area contributed by atoms with E-state index in [0.29, 0.717) is 0 Å². The third-order valence-corrected chi connectivity index (χ3v) is 6.24. The fraction of sp³-hybridized carbons (Fsp3) is 0.138. The summed E-state index contributed by atoms with van der Waals surface area (Å²) in [6.07, 6.45) is -5.57. The topological polar surface area (TPSA) is 97.8 Å². The highest BCUT2D eigenvalue weighted by atomic mass is 19.4. The molecule has 0 radical (unpaired) electrons. The molecule has 5 rings (SSSR count). The van der Waals surface area contributed by atoms with E-state index in [4.69, 9.17) is 14.6 Å². The van der Waals surface area contributed by atoms with Crippen LogP contribution in [-0.4, -0.2) is 28.8 Å². The molecule has 2 N–H and O–H groups in total. The average Bonchev–Trinajstić information content (AvgIpc) is 3.24. The molecule has 1 heterocycles. The van der Waals surface area contributed by atoms with Crippen LogP contribution >= 0.6 is 0 Å². The number of nitrogens with one attached hydrogen (secondary N) is 1. The number of nitrogens with zero attached hydrogens (tertiary/aromatic N) is 1. The van der Waals surface area contributed by atoms with Crippen LogP contribution in [0, 0.1) is 0 Å². The highest BCUT2D eigenvalue weighted by molar-refractivity contribution is 5.88. The first kappa shape index (κ1) is 25.8. The smallest absolute Gasteiger partial charge is 0.433 e. The number of pyridine rings is 1. The van der Waals surface area contributed by atoms with Gasteiger partial charge >= 0.3 is 18.2 Å². The van der Waals surface area contributed by atoms with Gasteiger partial charge in [-0.1, -0.05) is 54.6 Å². The summed E-state index contributed by atoms with van der Waals surface area (Å²) in [5.41, 5.74) is 2.94. The van der Waals surface area contributed by atoms with Crippen molar-refractivity contribution in [1.82, 2.24) is 10.3 Å². The normalized spacial score (nSPS) is 12.4. The molecule has 1 aliphatic rings. The summed E-state index contributed by atoms with van der Waals surface area (Å²) in [4.78, 5) is 27.2. The molecule has 1 amide bonds. The van der Waals surface area contributed by atoms with E-state index >= 15 is 0 Å². The monoisotopic (exact) mass is 534 g/mol. The van der Waals surface area contributed by atoms with Crippen LogP contribution in [0.15, 0.2) is 84.9 Å². The lowest BCUT2D eigenvalue weighted by molar-refractivity contribution is -0.141. The molecule has 1 aliphatic carbocycles. The number of fused-ring (bicyclic) bond motifs is 3. The van der Waals surface area contributed by atoms with Crippen LogP contribution in [0.4, 0.5) is 18.0 Å². The Bertz CT molecular complexity index is 1510. The largest absolute Gasteiger partial charge is 0.478 e. The van der Waals surface area contributed by atoms with E-state index in [1.54, 1.807) is 0 Å². The Hall–Kier alpha value is -4.86. The molecule has 10 heteroatoms. The summed E-state index contributed by atoms with van der Waals surface area (Å²) in [6.45, 7) is -0.230. The van der Waals surface area contributed by atoms with Gasteiger partial charge in [0.25, 0.3) is 0 Å². The van der Waals surface area contributed by atoms with E-state index in [0.717, 1.165) is 28.3 Å². The van der Waals surface area contributed by atoms with Gasteiger partial charge in [0, 0.05) is 18.5 Å². The molecule has 3 aromatic carbocycles. The summed E-state index contributed by atoms with van der Waals surface area (Å²) in [5, 5.41) is 11.6. The van der Waals surface area contributed by atoms with Crippen molar-refractivity contribution in [3.05, 3.63) is 113 Å². The standard InChI is InChI=1S/C29H21F3N2O5/c30-29(31,32)25-12-17(13-26(34-25)39-19-7-5-6-18(14-19)27(35)36)15-33-28(37)38-16-24-22-10-3-1-8-20(22)21-9-2-4-11-23(21)24/h1-14,24H,15-16H2,(H,33,37)(H,35,36). The number of hydrogen-bond donors (Lipinski definition) is 2. The summed E-state index contributed by atoms with van der Waals surface area (Å²) < 4.78 is 51.3. The van der Waals surface area contributed by atoms with Crippen molar-refractivity contribution in [2.75, 3.05) is 6.61 Å². The minimum Gasteiger partial charge on any atom is -0.478 e. The maximum atomic E-state index is 13.5. The van der Waals surface area contributed by atoms with Crippen LogP contribution in [-0.2, 0) is 17.5 Å². The van der Waals surface area contributed by atoms with E-state index in [-0.39, 0.29) is 35.9 Å². The number of amides is 1. The fourth-order valence-electron chi connectivity index (χ4n) is 4.50. The number of aromatic nitrogens is 1. The Kier molecular flexibility index (Phi) is 6.93. The van der Waals surface area contributed by atoms with Gasteiger partial charge in [0.15, 0.2) is 0 Å². The number of carbonyl (C=O) groups excluding carboxylic acids is 1. The number of rotatable bonds is 7. The molecule has 4 aromatic rings. The number of alkyl carbamates (subject to hydrolysis) is 1. The second kappa shape index (κ2) is 10.5. The number of carbonyl (C=O) groups is 2. The van der Waals surface area contributed by atoms with Crippen LogP contribution in [0.25, 0.3) is 11.1 Å². The molecule has 0 fully saturated rings. The third-order valence-electron chi connectivity index (χ3n) is 6.24. The Morgan fingerprint density at radius 2 is 1.56 bits per heavy atom. The molecule has 0 bridgehead atoms. The Balaban J connectivity index is 1.28. The summed E-state index contributed by atoms with van der Waals surface area (Å²) >= 11 is 0. The zero-order valence-electron chi connectivity index (χ0n) is 20.2. The first-order valence-electron chi connectivity index (χ1n) is 11.9. The van der Waals surface area contributed by atoms with Gasteiger partial charge < -0.3 is 19.9 Å². The molecule has 0 spiro atoms. The fourth-order valence-corrected chi connectivity index (χ4v) is 4.50. The Morgan fingerprint density at radius 3 is 2.21 bits per heavy atom. The van der Waals surface area contributed by atoms with Crippen molar-refractivity contribution in [2.45, 2.75) is 18.6 Å². The predicted octanol–water partition coefficient (Wildman–Crippen LogP) is 6.63. The minimum atomic E-state index is -4.78. The zero-order valence-corrected chi connectivity index (χ0v) is 20.2. The molecular weight excluding hydrogens is 513 g/mol. The van der Waals surface area contributed by atoms with Gasteiger partial charge in [-0.05, 0) is 52.1 Å². The molecule has 1 aromatic heterocycles. The van der Waals surface area contributed by atoms with Crippen LogP contribution in [0.1, 0.15) is 38.7 Å². The Labute approximate surface area is 220 Å². The number of halogens is 3. The van der Waals surface area contributed by atoms with Crippen LogP contribution in [0.5, 0.6) is 11.6 Å². The van der Waals surface area contributed by atoms with Crippen LogP contribution in [0.3, 0.4) is 0 Å². The SMILES string of the molecule is O=C(NCc1cc(Oc2cccc(C(=O)O)c2)nc(C(F)(F)F)c1)OCC1c2ccccc2-c2ccccc21. The van der Waals surface area contributed by atoms with E-state index in [1.165, 1.54) is 30.3 Å². The lowest BCUT2D eigenvalue weighted by atomic mass is 9.98. The number of carboxylic acid groups (broad SMARTS) is 1.